The van der Waals surface area contributed by atoms with Crippen molar-refractivity contribution in [3.63, 3.8) is 0 Å². The molecule has 2 heterocycles. The second-order valence-electron chi connectivity index (χ2n) is 8.50. The second-order valence-corrected chi connectivity index (χ2v) is 8.50. The van der Waals surface area contributed by atoms with Gasteiger partial charge in [0.2, 0.25) is 5.95 Å². The van der Waals surface area contributed by atoms with E-state index in [1.54, 1.807) is 12.4 Å². The van der Waals surface area contributed by atoms with Crippen molar-refractivity contribution in [2.45, 2.75) is 45.8 Å². The van der Waals surface area contributed by atoms with E-state index in [4.69, 9.17) is 0 Å². The van der Waals surface area contributed by atoms with Gasteiger partial charge in [-0.25, -0.2) is 9.97 Å². The minimum atomic E-state index is -0.222. The lowest BCUT2D eigenvalue weighted by molar-refractivity contribution is -0.915. The first-order valence-corrected chi connectivity index (χ1v) is 10.1. The number of hydrogen-bond acceptors (Lipinski definition) is 4. The summed E-state index contributed by atoms with van der Waals surface area (Å²) >= 11 is 0. The number of aromatic nitrogens is 2. The summed E-state index contributed by atoms with van der Waals surface area (Å²) in [6.07, 6.45) is 3.55. The molecule has 28 heavy (non-hydrogen) atoms. The third-order valence-electron chi connectivity index (χ3n) is 5.48. The van der Waals surface area contributed by atoms with Gasteiger partial charge in [0.15, 0.2) is 6.04 Å². The molecule has 1 N–H and O–H groups in total. The summed E-state index contributed by atoms with van der Waals surface area (Å²) in [5.41, 5.74) is 0.944. The topological polar surface area (TPSA) is 53.8 Å². The van der Waals surface area contributed by atoms with Crippen LogP contribution in [-0.2, 0) is 11.3 Å². The van der Waals surface area contributed by atoms with Gasteiger partial charge in [-0.3, -0.25) is 4.79 Å². The highest BCUT2D eigenvalue weighted by Gasteiger charge is 2.36. The van der Waals surface area contributed by atoms with Crippen molar-refractivity contribution in [1.29, 1.82) is 0 Å². The molecule has 1 aromatic heterocycles. The first-order chi connectivity index (χ1) is 13.4. The number of piperazine rings is 1. The van der Waals surface area contributed by atoms with Crippen LogP contribution in [0, 0.1) is 0 Å². The molecule has 1 fully saturated rings. The molecule has 1 atom stereocenters. The minimum absolute atomic E-state index is 0.0678. The van der Waals surface area contributed by atoms with Gasteiger partial charge in [0.05, 0.1) is 26.2 Å². The molecule has 2 aromatic rings. The maximum Gasteiger partial charge on any atom is 0.281 e. The average molecular weight is 383 g/mol. The smallest absolute Gasteiger partial charge is 0.281 e. The van der Waals surface area contributed by atoms with E-state index in [1.165, 1.54) is 10.5 Å². The van der Waals surface area contributed by atoms with E-state index >= 15 is 0 Å². The Morgan fingerprint density at radius 3 is 2.29 bits per heavy atom. The lowest BCUT2D eigenvalue weighted by Crippen LogP contribution is -3.19. The number of hydrogen-bond donors (Lipinski definition) is 1. The minimum Gasteiger partial charge on any atom is -0.330 e. The van der Waals surface area contributed by atoms with Crippen molar-refractivity contribution in [2.75, 3.05) is 31.1 Å². The first kappa shape index (κ1) is 20.3. The van der Waals surface area contributed by atoms with Crippen LogP contribution < -0.4 is 9.80 Å². The fraction of sp³-hybridized carbons (Fsp3) is 0.500. The van der Waals surface area contributed by atoms with Crippen molar-refractivity contribution < 1.29 is 9.69 Å². The van der Waals surface area contributed by atoms with Crippen LogP contribution in [0.25, 0.3) is 0 Å². The Morgan fingerprint density at radius 2 is 1.71 bits per heavy atom. The molecule has 0 bridgehead atoms. The first-order valence-electron chi connectivity index (χ1n) is 10.1. The molecular weight excluding hydrogens is 350 g/mol. The predicted molar refractivity (Wildman–Crippen MR) is 111 cm³/mol. The SMILES string of the molecule is C[C@@H](C(=O)N(Cc1ccccc1)C(C)(C)C)[NH+]1CCN(c2ncccn2)CC1. The molecule has 6 heteroatoms. The quantitative estimate of drug-likeness (QED) is 0.849. The summed E-state index contributed by atoms with van der Waals surface area (Å²) in [7, 11) is 0. The van der Waals surface area contributed by atoms with Gasteiger partial charge in [0.1, 0.15) is 0 Å². The van der Waals surface area contributed by atoms with Gasteiger partial charge in [0, 0.05) is 24.5 Å². The fourth-order valence-electron chi connectivity index (χ4n) is 3.70. The highest BCUT2D eigenvalue weighted by molar-refractivity contribution is 5.80. The molecule has 0 radical (unpaired) electrons. The van der Waals surface area contributed by atoms with E-state index in [-0.39, 0.29) is 17.5 Å². The lowest BCUT2D eigenvalue weighted by atomic mass is 10.0. The molecule has 150 valence electrons. The summed E-state index contributed by atoms with van der Waals surface area (Å²) in [6.45, 7) is 12.6. The Balaban J connectivity index is 1.65. The van der Waals surface area contributed by atoms with Crippen LogP contribution in [-0.4, -0.2) is 58.5 Å². The summed E-state index contributed by atoms with van der Waals surface area (Å²) in [4.78, 5) is 27.7. The third-order valence-corrected chi connectivity index (χ3v) is 5.48. The number of nitrogens with one attached hydrogen (secondary N) is 1. The highest BCUT2D eigenvalue weighted by atomic mass is 16.2. The summed E-state index contributed by atoms with van der Waals surface area (Å²) in [5, 5.41) is 0. The van der Waals surface area contributed by atoms with Crippen LogP contribution in [0.15, 0.2) is 48.8 Å². The van der Waals surface area contributed by atoms with E-state index in [0.717, 1.165) is 32.1 Å². The van der Waals surface area contributed by atoms with Gasteiger partial charge in [-0.05, 0) is 39.3 Å². The number of amides is 1. The van der Waals surface area contributed by atoms with Crippen LogP contribution in [0.2, 0.25) is 0 Å². The summed E-state index contributed by atoms with van der Waals surface area (Å²) in [5.74, 6) is 0.997. The van der Waals surface area contributed by atoms with E-state index < -0.39 is 0 Å². The zero-order valence-corrected chi connectivity index (χ0v) is 17.4. The molecule has 0 spiro atoms. The van der Waals surface area contributed by atoms with E-state index in [9.17, 15) is 4.79 Å². The molecule has 0 unspecified atom stereocenters. The normalized spacial score (nSPS) is 16.6. The van der Waals surface area contributed by atoms with Crippen LogP contribution >= 0.6 is 0 Å². The predicted octanol–water partition coefficient (Wildman–Crippen LogP) is 1.40. The van der Waals surface area contributed by atoms with Crippen LogP contribution in [0.4, 0.5) is 5.95 Å². The third kappa shape index (κ3) is 4.87. The van der Waals surface area contributed by atoms with Crippen molar-refractivity contribution in [3.8, 4) is 0 Å². The lowest BCUT2D eigenvalue weighted by Gasteiger charge is -2.40. The molecule has 0 saturated carbocycles. The molecule has 1 aliphatic rings. The van der Waals surface area contributed by atoms with Gasteiger partial charge >= 0.3 is 0 Å². The fourth-order valence-corrected chi connectivity index (χ4v) is 3.70. The number of benzene rings is 1. The molecule has 6 nitrogen and oxygen atoms in total. The molecule has 1 aliphatic heterocycles. The zero-order chi connectivity index (χ0) is 20.1. The number of rotatable bonds is 5. The van der Waals surface area contributed by atoms with Crippen LogP contribution in [0.3, 0.4) is 0 Å². The van der Waals surface area contributed by atoms with Gasteiger partial charge in [0.25, 0.3) is 5.91 Å². The zero-order valence-electron chi connectivity index (χ0n) is 17.4. The van der Waals surface area contributed by atoms with E-state index in [2.05, 4.69) is 54.7 Å². The number of quaternary nitrogens is 1. The Kier molecular flexibility index (Phi) is 6.29. The van der Waals surface area contributed by atoms with Crippen LogP contribution in [0.5, 0.6) is 0 Å². The van der Waals surface area contributed by atoms with Crippen molar-refractivity contribution in [3.05, 3.63) is 54.4 Å². The van der Waals surface area contributed by atoms with Crippen molar-refractivity contribution in [2.24, 2.45) is 0 Å². The largest absolute Gasteiger partial charge is 0.330 e. The Bertz CT molecular complexity index is 752. The highest BCUT2D eigenvalue weighted by Crippen LogP contribution is 2.18. The molecule has 1 amide bonds. The standard InChI is InChI=1S/C22H31N5O/c1-18(25-13-15-26(16-14-25)21-23-11-8-12-24-21)20(28)27(22(2,3)4)17-19-9-6-5-7-10-19/h5-12,18H,13-17H2,1-4H3/p+1/t18-/m0/s1. The number of nitrogens with zero attached hydrogens (tertiary/aromatic N) is 4. The molecule has 1 aromatic carbocycles. The summed E-state index contributed by atoms with van der Waals surface area (Å²) < 4.78 is 0. The average Bonchev–Trinajstić information content (AvgIpc) is 2.72. The molecule has 3 rings (SSSR count). The maximum atomic E-state index is 13.4. The van der Waals surface area contributed by atoms with E-state index in [1.807, 2.05) is 29.2 Å². The Hall–Kier alpha value is -2.47. The Morgan fingerprint density at radius 1 is 1.11 bits per heavy atom. The van der Waals surface area contributed by atoms with E-state index in [0.29, 0.717) is 6.54 Å². The summed E-state index contributed by atoms with van der Waals surface area (Å²) in [6, 6.07) is 12.0. The van der Waals surface area contributed by atoms with Crippen molar-refractivity contribution in [1.82, 2.24) is 14.9 Å². The monoisotopic (exact) mass is 382 g/mol. The Labute approximate surface area is 168 Å². The molecular formula is C22H32N5O+. The van der Waals surface area contributed by atoms with Gasteiger partial charge in [-0.15, -0.1) is 0 Å². The molecule has 0 aliphatic carbocycles. The van der Waals surface area contributed by atoms with Gasteiger partial charge in [-0.2, -0.15) is 0 Å². The number of anilines is 1. The molecule has 1 saturated heterocycles. The van der Waals surface area contributed by atoms with Gasteiger partial charge < -0.3 is 14.7 Å². The second kappa shape index (κ2) is 8.69. The maximum absolute atomic E-state index is 13.4. The van der Waals surface area contributed by atoms with Crippen LogP contribution in [0.1, 0.15) is 33.3 Å². The van der Waals surface area contributed by atoms with Gasteiger partial charge in [-0.1, -0.05) is 30.3 Å². The number of carbonyl (C=O) groups is 1. The number of carbonyl (C=O) groups excluding carboxylic acids is 1. The van der Waals surface area contributed by atoms with Crippen molar-refractivity contribution >= 4 is 11.9 Å².